The molecule has 2 atom stereocenters. The Balaban J connectivity index is 1.72. The van der Waals surface area contributed by atoms with Gasteiger partial charge in [-0.3, -0.25) is 4.90 Å². The molecule has 20 heavy (non-hydrogen) atoms. The lowest BCUT2D eigenvalue weighted by molar-refractivity contribution is 0.119. The highest BCUT2D eigenvalue weighted by atomic mass is 79.9. The number of benzene rings is 1. The van der Waals surface area contributed by atoms with Crippen molar-refractivity contribution in [2.24, 2.45) is 11.7 Å². The fourth-order valence-electron chi connectivity index (χ4n) is 3.15. The maximum atomic E-state index is 5.99. The highest BCUT2D eigenvalue weighted by Crippen LogP contribution is 2.38. The Morgan fingerprint density at radius 1 is 1.40 bits per heavy atom. The maximum absolute atomic E-state index is 5.99. The zero-order chi connectivity index (χ0) is 14.1. The molecule has 3 nitrogen and oxygen atoms in total. The Labute approximate surface area is 129 Å². The first-order valence-electron chi connectivity index (χ1n) is 7.53. The minimum absolute atomic E-state index is 0.424. The van der Waals surface area contributed by atoms with Crippen molar-refractivity contribution in [3.63, 3.8) is 0 Å². The number of rotatable bonds is 4. The Bertz CT molecular complexity index is 476. The molecule has 1 aromatic rings. The van der Waals surface area contributed by atoms with E-state index in [2.05, 4.69) is 46.1 Å². The van der Waals surface area contributed by atoms with Gasteiger partial charge in [0.05, 0.1) is 10.6 Å². The monoisotopic (exact) mass is 338 g/mol. The van der Waals surface area contributed by atoms with E-state index in [0.29, 0.717) is 18.1 Å². The van der Waals surface area contributed by atoms with E-state index in [1.165, 1.54) is 24.8 Å². The molecule has 1 aliphatic carbocycles. The Hall–Kier alpha value is -0.580. The van der Waals surface area contributed by atoms with Crippen molar-refractivity contribution in [1.29, 1.82) is 0 Å². The third kappa shape index (κ3) is 2.87. The summed E-state index contributed by atoms with van der Waals surface area (Å²) in [5.74, 6) is 1.60. The molecule has 4 heteroatoms. The fourth-order valence-corrected chi connectivity index (χ4v) is 3.64. The lowest BCUT2D eigenvalue weighted by Gasteiger charge is -2.27. The van der Waals surface area contributed by atoms with Gasteiger partial charge in [0.1, 0.15) is 5.75 Å². The topological polar surface area (TPSA) is 38.5 Å². The number of ether oxygens (including phenoxy) is 1. The molecule has 0 amide bonds. The van der Waals surface area contributed by atoms with Crippen LogP contribution in [-0.2, 0) is 0 Å². The smallest absolute Gasteiger partial charge is 0.133 e. The van der Waals surface area contributed by atoms with Crippen LogP contribution in [-0.4, -0.2) is 31.1 Å². The normalized spacial score (nSPS) is 27.6. The predicted molar refractivity (Wildman–Crippen MR) is 84.9 cm³/mol. The molecule has 1 saturated heterocycles. The van der Waals surface area contributed by atoms with Gasteiger partial charge in [-0.2, -0.15) is 0 Å². The maximum Gasteiger partial charge on any atom is 0.133 e. The van der Waals surface area contributed by atoms with Crippen LogP contribution in [0.2, 0.25) is 0 Å². The van der Waals surface area contributed by atoms with Gasteiger partial charge >= 0.3 is 0 Å². The lowest BCUT2D eigenvalue weighted by Crippen LogP contribution is -2.24. The summed E-state index contributed by atoms with van der Waals surface area (Å²) in [7, 11) is 2.19. The molecule has 1 saturated carbocycles. The number of likely N-dealkylation sites (tertiary alicyclic amines) is 1. The minimum atomic E-state index is 0.424. The third-order valence-corrected chi connectivity index (χ3v) is 5.27. The Kier molecular flexibility index (Phi) is 4.34. The molecule has 2 aliphatic rings. The van der Waals surface area contributed by atoms with E-state index < -0.39 is 0 Å². The first-order chi connectivity index (χ1) is 9.67. The zero-order valence-corrected chi connectivity index (χ0v) is 13.6. The second-order valence-corrected chi connectivity index (χ2v) is 7.01. The largest absolute Gasteiger partial charge is 0.489 e. The number of halogens is 1. The molecule has 1 aromatic carbocycles. The summed E-state index contributed by atoms with van der Waals surface area (Å²) in [6.07, 6.45) is 5.26. The van der Waals surface area contributed by atoms with Gasteiger partial charge in [-0.1, -0.05) is 6.07 Å². The molecular formula is C16H23BrN2O. The van der Waals surface area contributed by atoms with E-state index in [1.807, 2.05) is 0 Å². The van der Waals surface area contributed by atoms with Crippen molar-refractivity contribution in [1.82, 2.24) is 4.90 Å². The molecule has 3 rings (SSSR count). The van der Waals surface area contributed by atoms with E-state index in [0.717, 1.165) is 29.7 Å². The second-order valence-electron chi connectivity index (χ2n) is 6.15. The van der Waals surface area contributed by atoms with E-state index >= 15 is 0 Å². The van der Waals surface area contributed by atoms with Crippen LogP contribution in [0.25, 0.3) is 0 Å². The van der Waals surface area contributed by atoms with E-state index in [-0.39, 0.29) is 0 Å². The molecule has 2 N–H and O–H groups in total. The number of hydrogen-bond acceptors (Lipinski definition) is 3. The van der Waals surface area contributed by atoms with E-state index in [9.17, 15) is 0 Å². The SMILES string of the molecule is CN1CC(CN)CC1c1ccc(OC2CCC2)c(Br)c1. The summed E-state index contributed by atoms with van der Waals surface area (Å²) in [4.78, 5) is 2.41. The van der Waals surface area contributed by atoms with Crippen molar-refractivity contribution in [3.8, 4) is 5.75 Å². The van der Waals surface area contributed by atoms with Gasteiger partial charge in [-0.05, 0) is 78.8 Å². The van der Waals surface area contributed by atoms with Crippen molar-refractivity contribution in [2.75, 3.05) is 20.1 Å². The standard InChI is InChI=1S/C16H23BrN2O/c1-19-10-11(9-18)7-15(19)12-5-6-16(14(17)8-12)20-13-3-2-4-13/h5-6,8,11,13,15H,2-4,7,9-10,18H2,1H3. The van der Waals surface area contributed by atoms with Crippen molar-refractivity contribution in [2.45, 2.75) is 37.8 Å². The number of hydrogen-bond donors (Lipinski definition) is 1. The molecule has 0 bridgehead atoms. The summed E-state index contributed by atoms with van der Waals surface area (Å²) in [5, 5.41) is 0. The quantitative estimate of drug-likeness (QED) is 0.914. The van der Waals surface area contributed by atoms with Gasteiger partial charge in [0.25, 0.3) is 0 Å². The van der Waals surface area contributed by atoms with Gasteiger partial charge in [-0.15, -0.1) is 0 Å². The lowest BCUT2D eigenvalue weighted by atomic mass is 9.96. The van der Waals surface area contributed by atoms with Gasteiger partial charge in [0.2, 0.25) is 0 Å². The van der Waals surface area contributed by atoms with Crippen LogP contribution in [0.15, 0.2) is 22.7 Å². The van der Waals surface area contributed by atoms with Gasteiger partial charge in [-0.25, -0.2) is 0 Å². The first-order valence-corrected chi connectivity index (χ1v) is 8.33. The van der Waals surface area contributed by atoms with Crippen molar-refractivity contribution in [3.05, 3.63) is 28.2 Å². The average molecular weight is 339 g/mol. The minimum Gasteiger partial charge on any atom is -0.489 e. The van der Waals surface area contributed by atoms with Crippen LogP contribution < -0.4 is 10.5 Å². The first kappa shape index (κ1) is 14.4. The average Bonchev–Trinajstić information content (AvgIpc) is 2.76. The highest BCUT2D eigenvalue weighted by molar-refractivity contribution is 9.10. The Morgan fingerprint density at radius 3 is 2.75 bits per heavy atom. The Morgan fingerprint density at radius 2 is 2.20 bits per heavy atom. The molecule has 0 radical (unpaired) electrons. The number of nitrogens with two attached hydrogens (primary N) is 1. The molecule has 110 valence electrons. The van der Waals surface area contributed by atoms with Crippen LogP contribution in [0, 0.1) is 5.92 Å². The molecule has 0 aromatic heterocycles. The summed E-state index contributed by atoms with van der Waals surface area (Å²) in [6, 6.07) is 7.02. The fraction of sp³-hybridized carbons (Fsp3) is 0.625. The van der Waals surface area contributed by atoms with Crippen LogP contribution in [0.3, 0.4) is 0 Å². The molecule has 2 fully saturated rings. The van der Waals surface area contributed by atoms with Crippen molar-refractivity contribution < 1.29 is 4.74 Å². The second kappa shape index (κ2) is 6.04. The molecule has 2 unspecified atom stereocenters. The summed E-state index contributed by atoms with van der Waals surface area (Å²) >= 11 is 3.66. The van der Waals surface area contributed by atoms with E-state index in [1.54, 1.807) is 0 Å². The van der Waals surface area contributed by atoms with Gasteiger partial charge in [0, 0.05) is 12.6 Å². The highest BCUT2D eigenvalue weighted by Gasteiger charge is 2.30. The molecule has 0 spiro atoms. The summed E-state index contributed by atoms with van der Waals surface area (Å²) < 4.78 is 7.06. The summed E-state index contributed by atoms with van der Waals surface area (Å²) in [6.45, 7) is 1.88. The van der Waals surface area contributed by atoms with Crippen LogP contribution in [0.5, 0.6) is 5.75 Å². The van der Waals surface area contributed by atoms with Crippen LogP contribution in [0.1, 0.15) is 37.3 Å². The number of nitrogens with zero attached hydrogens (tertiary/aromatic N) is 1. The molecule has 1 heterocycles. The summed E-state index contributed by atoms with van der Waals surface area (Å²) in [5.41, 5.74) is 7.17. The molecular weight excluding hydrogens is 316 g/mol. The predicted octanol–water partition coefficient (Wildman–Crippen LogP) is 3.33. The van der Waals surface area contributed by atoms with Crippen molar-refractivity contribution >= 4 is 15.9 Å². The third-order valence-electron chi connectivity index (χ3n) is 4.65. The molecule has 1 aliphatic heterocycles. The van der Waals surface area contributed by atoms with Gasteiger partial charge in [0.15, 0.2) is 0 Å². The van der Waals surface area contributed by atoms with Crippen LogP contribution in [0.4, 0.5) is 0 Å². The zero-order valence-electron chi connectivity index (χ0n) is 12.0. The van der Waals surface area contributed by atoms with Gasteiger partial charge < -0.3 is 10.5 Å². The van der Waals surface area contributed by atoms with Crippen LogP contribution >= 0.6 is 15.9 Å². The van der Waals surface area contributed by atoms with E-state index in [4.69, 9.17) is 10.5 Å².